The maximum atomic E-state index is 12.8. The van der Waals surface area contributed by atoms with E-state index >= 15 is 0 Å². The van der Waals surface area contributed by atoms with Crippen molar-refractivity contribution in [2.45, 2.75) is 277 Å². The average molecular weight is 948 g/mol. The van der Waals surface area contributed by atoms with Crippen molar-refractivity contribution in [2.24, 2.45) is 0 Å². The second-order valence-corrected chi connectivity index (χ2v) is 18.8. The van der Waals surface area contributed by atoms with Crippen LogP contribution in [0.1, 0.15) is 271 Å². The van der Waals surface area contributed by atoms with Gasteiger partial charge in [-0.15, -0.1) is 0 Å². The zero-order valence-corrected chi connectivity index (χ0v) is 44.6. The predicted molar refractivity (Wildman–Crippen MR) is 293 cm³/mol. The Balaban J connectivity index is 4.12. The molecule has 1 atom stereocenters. The summed E-state index contributed by atoms with van der Waals surface area (Å²) in [6.45, 7) is 6.44. The summed E-state index contributed by atoms with van der Waals surface area (Å²) in [4.78, 5) is 37.8. The Bertz CT molecular complexity index is 1320. The molecule has 0 rings (SSSR count). The van der Waals surface area contributed by atoms with Crippen LogP contribution in [0, 0.1) is 0 Å². The van der Waals surface area contributed by atoms with Crippen molar-refractivity contribution < 1.29 is 28.6 Å². The summed E-state index contributed by atoms with van der Waals surface area (Å²) in [6, 6.07) is 0. The lowest BCUT2D eigenvalue weighted by Crippen LogP contribution is -2.30. The van der Waals surface area contributed by atoms with Crippen LogP contribution < -0.4 is 0 Å². The molecule has 0 N–H and O–H groups in total. The highest BCUT2D eigenvalue weighted by Gasteiger charge is 2.19. The van der Waals surface area contributed by atoms with Crippen LogP contribution in [0.4, 0.5) is 0 Å². The molecule has 0 aromatic heterocycles. The fraction of sp³-hybridized carbons (Fsp3) is 0.726. The lowest BCUT2D eigenvalue weighted by atomic mass is 10.1. The second kappa shape index (κ2) is 56.2. The smallest absolute Gasteiger partial charge is 0.306 e. The first-order valence-corrected chi connectivity index (χ1v) is 28.6. The van der Waals surface area contributed by atoms with Crippen LogP contribution in [0.3, 0.4) is 0 Å². The molecule has 0 saturated carbocycles. The zero-order chi connectivity index (χ0) is 49.3. The van der Waals surface area contributed by atoms with Gasteiger partial charge in [0.15, 0.2) is 6.10 Å². The summed E-state index contributed by atoms with van der Waals surface area (Å²) in [5.74, 6) is -0.904. The van der Waals surface area contributed by atoms with E-state index in [2.05, 4.69) is 106 Å². The number of allylic oxidation sites excluding steroid dienone is 14. The Kier molecular flexibility index (Phi) is 53.4. The molecule has 390 valence electrons. The monoisotopic (exact) mass is 947 g/mol. The van der Waals surface area contributed by atoms with Crippen LogP contribution in [0.5, 0.6) is 0 Å². The van der Waals surface area contributed by atoms with Crippen molar-refractivity contribution in [1.29, 1.82) is 0 Å². The third kappa shape index (κ3) is 53.5. The lowest BCUT2D eigenvalue weighted by Gasteiger charge is -2.18. The highest BCUT2D eigenvalue weighted by Crippen LogP contribution is 2.15. The molecule has 6 nitrogen and oxygen atoms in total. The van der Waals surface area contributed by atoms with Gasteiger partial charge >= 0.3 is 17.9 Å². The largest absolute Gasteiger partial charge is 0.462 e. The highest BCUT2D eigenvalue weighted by atomic mass is 16.6. The minimum atomic E-state index is -0.778. The van der Waals surface area contributed by atoms with Gasteiger partial charge in [0.25, 0.3) is 0 Å². The van der Waals surface area contributed by atoms with Crippen molar-refractivity contribution in [1.82, 2.24) is 0 Å². The minimum Gasteiger partial charge on any atom is -0.462 e. The highest BCUT2D eigenvalue weighted by molar-refractivity contribution is 5.71. The minimum absolute atomic E-state index is 0.0808. The molecule has 6 heteroatoms. The molecule has 1 unspecified atom stereocenters. The van der Waals surface area contributed by atoms with Gasteiger partial charge in [0, 0.05) is 19.3 Å². The van der Waals surface area contributed by atoms with Crippen molar-refractivity contribution in [2.75, 3.05) is 13.2 Å². The molecule has 68 heavy (non-hydrogen) atoms. The molecule has 0 aliphatic rings. The number of carbonyl (C=O) groups excluding carboxylic acids is 3. The number of unbranched alkanes of at least 4 members (excludes halogenated alkanes) is 26. The average Bonchev–Trinajstić information content (AvgIpc) is 3.34. The van der Waals surface area contributed by atoms with E-state index in [-0.39, 0.29) is 31.1 Å². The first-order valence-electron chi connectivity index (χ1n) is 28.6. The van der Waals surface area contributed by atoms with Crippen LogP contribution in [0.25, 0.3) is 0 Å². The van der Waals surface area contributed by atoms with E-state index in [1.54, 1.807) is 0 Å². The summed E-state index contributed by atoms with van der Waals surface area (Å²) in [6.07, 6.45) is 73.3. The van der Waals surface area contributed by atoms with Gasteiger partial charge in [-0.3, -0.25) is 14.4 Å². The van der Waals surface area contributed by atoms with Crippen LogP contribution in [0.2, 0.25) is 0 Å². The van der Waals surface area contributed by atoms with Crippen LogP contribution in [-0.2, 0) is 28.6 Å². The Hall–Kier alpha value is -3.41. The van der Waals surface area contributed by atoms with Crippen LogP contribution in [0.15, 0.2) is 85.1 Å². The van der Waals surface area contributed by atoms with Crippen molar-refractivity contribution in [3.63, 3.8) is 0 Å². The number of rotatable bonds is 51. The van der Waals surface area contributed by atoms with Crippen LogP contribution >= 0.6 is 0 Å². The molecule has 0 heterocycles. The lowest BCUT2D eigenvalue weighted by molar-refractivity contribution is -0.167. The molecular formula is C62H106O6. The molecule has 0 aliphatic heterocycles. The Morgan fingerprint density at radius 1 is 0.309 bits per heavy atom. The first-order chi connectivity index (χ1) is 33.5. The molecule has 0 fully saturated rings. The number of carbonyl (C=O) groups is 3. The zero-order valence-electron chi connectivity index (χ0n) is 44.6. The Morgan fingerprint density at radius 3 is 0.912 bits per heavy atom. The third-order valence-electron chi connectivity index (χ3n) is 12.1. The predicted octanol–water partition coefficient (Wildman–Crippen LogP) is 19.2. The molecule has 0 radical (unpaired) electrons. The van der Waals surface area contributed by atoms with Gasteiger partial charge in [0.1, 0.15) is 13.2 Å². The molecular weight excluding hydrogens is 841 g/mol. The van der Waals surface area contributed by atoms with E-state index in [4.69, 9.17) is 14.2 Å². The number of esters is 3. The van der Waals surface area contributed by atoms with Crippen molar-refractivity contribution >= 4 is 17.9 Å². The fourth-order valence-electron chi connectivity index (χ4n) is 7.85. The summed E-state index contributed by atoms with van der Waals surface area (Å²) in [5, 5.41) is 0. The number of hydrogen-bond acceptors (Lipinski definition) is 6. The van der Waals surface area contributed by atoms with Crippen LogP contribution in [-0.4, -0.2) is 37.2 Å². The first kappa shape index (κ1) is 64.6. The quantitative estimate of drug-likeness (QED) is 0.0262. The summed E-state index contributed by atoms with van der Waals surface area (Å²) >= 11 is 0. The van der Waals surface area contributed by atoms with Gasteiger partial charge in [-0.25, -0.2) is 0 Å². The van der Waals surface area contributed by atoms with Crippen molar-refractivity contribution in [3.05, 3.63) is 85.1 Å². The molecule has 0 amide bonds. The van der Waals surface area contributed by atoms with E-state index < -0.39 is 6.10 Å². The molecule has 0 spiro atoms. The maximum absolute atomic E-state index is 12.8. The van der Waals surface area contributed by atoms with E-state index in [0.717, 1.165) is 109 Å². The second-order valence-electron chi connectivity index (χ2n) is 18.8. The fourth-order valence-corrected chi connectivity index (χ4v) is 7.85. The van der Waals surface area contributed by atoms with E-state index in [1.807, 2.05) is 0 Å². The van der Waals surface area contributed by atoms with Crippen molar-refractivity contribution in [3.8, 4) is 0 Å². The normalized spacial score (nSPS) is 12.7. The van der Waals surface area contributed by atoms with Gasteiger partial charge in [-0.05, 0) is 96.3 Å². The van der Waals surface area contributed by atoms with E-state index in [9.17, 15) is 14.4 Å². The molecule has 0 aliphatic carbocycles. The van der Waals surface area contributed by atoms with Gasteiger partial charge in [-0.1, -0.05) is 241 Å². The Morgan fingerprint density at radius 2 is 0.574 bits per heavy atom. The maximum Gasteiger partial charge on any atom is 0.306 e. The molecule has 0 aromatic carbocycles. The third-order valence-corrected chi connectivity index (χ3v) is 12.1. The SMILES string of the molecule is CC/C=C\C/C=C\C/C=C\C/C=C\C/C=C\C/C=C\CCCCCCCCCCC(=O)OCC(COC(=O)CCCCCCC)OC(=O)CCCCCCCCC/C=C\CCCCCCCCC. The van der Waals surface area contributed by atoms with Gasteiger partial charge < -0.3 is 14.2 Å². The Labute approximate surface area is 420 Å². The van der Waals surface area contributed by atoms with E-state index in [0.29, 0.717) is 19.3 Å². The van der Waals surface area contributed by atoms with Gasteiger partial charge in [0.2, 0.25) is 0 Å². The number of ether oxygens (including phenoxy) is 3. The van der Waals surface area contributed by atoms with E-state index in [1.165, 1.54) is 122 Å². The topological polar surface area (TPSA) is 78.9 Å². The molecule has 0 aromatic rings. The molecule has 0 saturated heterocycles. The summed E-state index contributed by atoms with van der Waals surface area (Å²) in [5.41, 5.74) is 0. The van der Waals surface area contributed by atoms with Gasteiger partial charge in [0.05, 0.1) is 0 Å². The number of hydrogen-bond donors (Lipinski definition) is 0. The summed E-state index contributed by atoms with van der Waals surface area (Å²) < 4.78 is 16.7. The molecule has 0 bridgehead atoms. The van der Waals surface area contributed by atoms with Gasteiger partial charge in [-0.2, -0.15) is 0 Å². The standard InChI is InChI=1S/C62H106O6/c1-4-7-10-13-15-17-19-21-23-25-27-28-29-30-31-32-33-34-35-37-38-40-42-44-46-49-52-55-61(64)67-58-59(57-66-60(63)54-51-48-12-9-6-3)68-62(65)56-53-50-47-45-43-41-39-36-26-24-22-20-18-16-14-11-8-5-2/h7,10,15,17,21,23-24,26-28,30-31,33-34,59H,4-6,8-9,11-14,16,18-20,22,25,29,32,35-58H2,1-3H3/b10-7-,17-15-,23-21-,26-24-,28-27-,31-30-,34-33-. The summed E-state index contributed by atoms with van der Waals surface area (Å²) in [7, 11) is 0.